The maximum absolute atomic E-state index is 9.21. The van der Waals surface area contributed by atoms with Crippen molar-refractivity contribution in [2.75, 3.05) is 0 Å². The molecule has 0 unspecified atom stereocenters. The molecule has 2 rings (SSSR count). The molecule has 0 aromatic carbocycles. The van der Waals surface area contributed by atoms with Gasteiger partial charge in [0.2, 0.25) is 0 Å². The predicted octanol–water partition coefficient (Wildman–Crippen LogP) is 3.35. The van der Waals surface area contributed by atoms with Gasteiger partial charge in [-0.2, -0.15) is 0 Å². The van der Waals surface area contributed by atoms with Crippen LogP contribution in [0.2, 0.25) is 0 Å². The van der Waals surface area contributed by atoms with Crippen molar-refractivity contribution in [2.24, 2.45) is 5.41 Å². The second-order valence-corrected chi connectivity index (χ2v) is 6.76. The van der Waals surface area contributed by atoms with Crippen molar-refractivity contribution in [1.29, 1.82) is 0 Å². The quantitative estimate of drug-likeness (QED) is 0.885. The minimum atomic E-state index is -0.172. The highest BCUT2D eigenvalue weighted by atomic mass is 16.5. The highest BCUT2D eigenvalue weighted by molar-refractivity contribution is 5.20. The summed E-state index contributed by atoms with van der Waals surface area (Å²) in [5.74, 6) is 0.816. The molecule has 1 saturated carbocycles. The zero-order valence-corrected chi connectivity index (χ0v) is 12.2. The van der Waals surface area contributed by atoms with E-state index in [4.69, 9.17) is 4.74 Å². The maximum Gasteiger partial charge on any atom is 0.138 e. The van der Waals surface area contributed by atoms with E-state index in [1.54, 1.807) is 6.20 Å². The lowest BCUT2D eigenvalue weighted by Gasteiger charge is -2.31. The minimum absolute atomic E-state index is 0.170. The van der Waals surface area contributed by atoms with E-state index in [0.717, 1.165) is 30.7 Å². The average Bonchev–Trinajstić information content (AvgIpc) is 2.28. The van der Waals surface area contributed by atoms with Crippen LogP contribution in [-0.2, 0) is 6.42 Å². The molecule has 3 heteroatoms. The summed E-state index contributed by atoms with van der Waals surface area (Å²) in [6.07, 6.45) is 6.70. The number of pyridine rings is 1. The number of ether oxygens (including phenoxy) is 1. The molecule has 0 amide bonds. The van der Waals surface area contributed by atoms with Crippen LogP contribution >= 0.6 is 0 Å². The standard InChI is InChI=1S/C16H25NO2/c1-16(2,3)8-4-5-12-6-7-14(11-17-12)19-15-9-13(18)10-15/h6-7,11,13,15,18H,4-5,8-10H2,1-3H3. The number of hydrogen-bond donors (Lipinski definition) is 1. The molecule has 3 nitrogen and oxygen atoms in total. The second-order valence-electron chi connectivity index (χ2n) is 6.76. The SMILES string of the molecule is CC(C)(C)CCCc1ccc(OC2CC(O)C2)cn1. The molecule has 106 valence electrons. The van der Waals surface area contributed by atoms with Gasteiger partial charge in [-0.05, 0) is 36.8 Å². The topological polar surface area (TPSA) is 42.4 Å². The first-order valence-corrected chi connectivity index (χ1v) is 7.22. The van der Waals surface area contributed by atoms with Gasteiger partial charge < -0.3 is 9.84 Å². The lowest BCUT2D eigenvalue weighted by Crippen LogP contribution is -2.37. The Morgan fingerprint density at radius 2 is 2.05 bits per heavy atom. The Bertz CT molecular complexity index is 388. The van der Waals surface area contributed by atoms with Gasteiger partial charge >= 0.3 is 0 Å². The lowest BCUT2D eigenvalue weighted by atomic mass is 9.89. The van der Waals surface area contributed by atoms with Crippen LogP contribution in [0.5, 0.6) is 5.75 Å². The zero-order valence-electron chi connectivity index (χ0n) is 12.2. The van der Waals surface area contributed by atoms with E-state index < -0.39 is 0 Å². The van der Waals surface area contributed by atoms with E-state index in [9.17, 15) is 5.11 Å². The fourth-order valence-electron chi connectivity index (χ4n) is 2.25. The van der Waals surface area contributed by atoms with Gasteiger partial charge in [-0.1, -0.05) is 20.8 Å². The van der Waals surface area contributed by atoms with Crippen LogP contribution in [0.15, 0.2) is 18.3 Å². The minimum Gasteiger partial charge on any atom is -0.489 e. The van der Waals surface area contributed by atoms with E-state index in [2.05, 4.69) is 25.8 Å². The molecular formula is C16H25NO2. The fraction of sp³-hybridized carbons (Fsp3) is 0.688. The molecule has 1 fully saturated rings. The van der Waals surface area contributed by atoms with Crippen molar-refractivity contribution in [3.8, 4) is 5.75 Å². The largest absolute Gasteiger partial charge is 0.489 e. The first kappa shape index (κ1) is 14.3. The Morgan fingerprint density at radius 1 is 1.32 bits per heavy atom. The van der Waals surface area contributed by atoms with Gasteiger partial charge in [0.05, 0.1) is 12.3 Å². The van der Waals surface area contributed by atoms with Crippen LogP contribution < -0.4 is 4.74 Å². The number of aromatic nitrogens is 1. The van der Waals surface area contributed by atoms with Crippen LogP contribution in [0, 0.1) is 5.41 Å². The Kier molecular flexibility index (Phi) is 4.46. The van der Waals surface area contributed by atoms with Gasteiger partial charge in [0.15, 0.2) is 0 Å². The van der Waals surface area contributed by atoms with Gasteiger partial charge in [0.25, 0.3) is 0 Å². The second kappa shape index (κ2) is 5.91. The summed E-state index contributed by atoms with van der Waals surface area (Å²) >= 11 is 0. The van der Waals surface area contributed by atoms with Crippen LogP contribution in [-0.4, -0.2) is 22.3 Å². The van der Waals surface area contributed by atoms with Gasteiger partial charge in [0.1, 0.15) is 11.9 Å². The summed E-state index contributed by atoms with van der Waals surface area (Å²) in [6, 6.07) is 4.04. The average molecular weight is 263 g/mol. The smallest absolute Gasteiger partial charge is 0.138 e. The van der Waals surface area contributed by atoms with Gasteiger partial charge in [0, 0.05) is 18.5 Å². The van der Waals surface area contributed by atoms with Crippen LogP contribution in [0.3, 0.4) is 0 Å². The summed E-state index contributed by atoms with van der Waals surface area (Å²) in [4.78, 5) is 4.44. The van der Waals surface area contributed by atoms with Crippen molar-refractivity contribution in [2.45, 2.75) is 65.1 Å². The molecule has 1 aliphatic carbocycles. The molecule has 0 spiro atoms. The number of aliphatic hydroxyl groups excluding tert-OH is 1. The molecule has 0 bridgehead atoms. The molecule has 1 aromatic rings. The normalized spacial score (nSPS) is 22.9. The lowest BCUT2D eigenvalue weighted by molar-refractivity contribution is -0.0109. The summed E-state index contributed by atoms with van der Waals surface area (Å²) in [7, 11) is 0. The molecule has 1 N–H and O–H groups in total. The van der Waals surface area contributed by atoms with Crippen LogP contribution in [0.4, 0.5) is 0 Å². The number of aliphatic hydroxyl groups is 1. The number of aryl methyl sites for hydroxylation is 1. The Balaban J connectivity index is 1.75. The molecule has 1 heterocycles. The van der Waals surface area contributed by atoms with E-state index in [1.165, 1.54) is 12.8 Å². The molecule has 19 heavy (non-hydrogen) atoms. The van der Waals surface area contributed by atoms with Crippen molar-refractivity contribution in [1.82, 2.24) is 4.98 Å². The van der Waals surface area contributed by atoms with Crippen molar-refractivity contribution in [3.63, 3.8) is 0 Å². The summed E-state index contributed by atoms with van der Waals surface area (Å²) in [5.41, 5.74) is 1.53. The Morgan fingerprint density at radius 3 is 2.58 bits per heavy atom. The van der Waals surface area contributed by atoms with Gasteiger partial charge in [-0.15, -0.1) is 0 Å². The Labute approximate surface area is 116 Å². The predicted molar refractivity (Wildman–Crippen MR) is 76.3 cm³/mol. The number of nitrogens with zero attached hydrogens (tertiary/aromatic N) is 1. The van der Waals surface area contributed by atoms with Crippen LogP contribution in [0.1, 0.15) is 52.1 Å². The van der Waals surface area contributed by atoms with Crippen molar-refractivity contribution in [3.05, 3.63) is 24.0 Å². The maximum atomic E-state index is 9.21. The van der Waals surface area contributed by atoms with Crippen molar-refractivity contribution >= 4 is 0 Å². The number of rotatable bonds is 5. The first-order chi connectivity index (χ1) is 8.92. The third kappa shape index (κ3) is 4.83. The summed E-state index contributed by atoms with van der Waals surface area (Å²) < 4.78 is 5.71. The van der Waals surface area contributed by atoms with E-state index in [1.807, 2.05) is 12.1 Å². The third-order valence-corrected chi connectivity index (χ3v) is 3.53. The monoisotopic (exact) mass is 263 g/mol. The van der Waals surface area contributed by atoms with Gasteiger partial charge in [-0.25, -0.2) is 0 Å². The van der Waals surface area contributed by atoms with Crippen LogP contribution in [0.25, 0.3) is 0 Å². The zero-order chi connectivity index (χ0) is 13.9. The molecule has 0 radical (unpaired) electrons. The highest BCUT2D eigenvalue weighted by Crippen LogP contribution is 2.26. The van der Waals surface area contributed by atoms with Gasteiger partial charge in [-0.3, -0.25) is 4.98 Å². The molecule has 1 aromatic heterocycles. The van der Waals surface area contributed by atoms with E-state index in [0.29, 0.717) is 5.41 Å². The first-order valence-electron chi connectivity index (χ1n) is 7.22. The molecule has 0 atom stereocenters. The highest BCUT2D eigenvalue weighted by Gasteiger charge is 2.28. The molecule has 0 saturated heterocycles. The van der Waals surface area contributed by atoms with E-state index >= 15 is 0 Å². The number of hydrogen-bond acceptors (Lipinski definition) is 3. The molecule has 1 aliphatic rings. The molecule has 0 aliphatic heterocycles. The van der Waals surface area contributed by atoms with E-state index in [-0.39, 0.29) is 12.2 Å². The molecular weight excluding hydrogens is 238 g/mol. The summed E-state index contributed by atoms with van der Waals surface area (Å²) in [5, 5.41) is 9.21. The Hall–Kier alpha value is -1.09. The third-order valence-electron chi connectivity index (χ3n) is 3.53. The summed E-state index contributed by atoms with van der Waals surface area (Å²) in [6.45, 7) is 6.80. The van der Waals surface area contributed by atoms with Crippen molar-refractivity contribution < 1.29 is 9.84 Å². The fourth-order valence-corrected chi connectivity index (χ4v) is 2.25.